The number of ether oxygens (including phenoxy) is 1. The highest BCUT2D eigenvalue weighted by Crippen LogP contribution is 2.62. The molecule has 0 saturated heterocycles. The van der Waals surface area contributed by atoms with E-state index in [1.54, 1.807) is 7.11 Å². The van der Waals surface area contributed by atoms with Gasteiger partial charge in [0.25, 0.3) is 0 Å². The molecule has 0 spiro atoms. The van der Waals surface area contributed by atoms with Gasteiger partial charge >= 0.3 is 0 Å². The maximum Gasteiger partial charge on any atom is 0.231 e. The summed E-state index contributed by atoms with van der Waals surface area (Å²) in [7, 11) is 1.59. The third-order valence-electron chi connectivity index (χ3n) is 7.81. The topological polar surface area (TPSA) is 121 Å². The van der Waals surface area contributed by atoms with E-state index in [0.29, 0.717) is 31.1 Å². The highest BCUT2D eigenvalue weighted by molar-refractivity contribution is 7.15. The third kappa shape index (κ3) is 4.97. The van der Waals surface area contributed by atoms with Crippen LogP contribution in [0.25, 0.3) is 0 Å². The lowest BCUT2D eigenvalue weighted by molar-refractivity contribution is -0.144. The molecule has 3 rings (SSSR count). The van der Waals surface area contributed by atoms with E-state index in [9.17, 15) is 19.8 Å². The minimum atomic E-state index is -0.672. The second kappa shape index (κ2) is 9.60. The molecule has 186 valence electrons. The van der Waals surface area contributed by atoms with Crippen LogP contribution in [0.2, 0.25) is 0 Å². The SMILES string of the molecule is COCCNC(=O)CC1c2nc(NC(=O)C(C)(C)C)sc2CC2C(C)(CO)C(O)CCC12C. The summed E-state index contributed by atoms with van der Waals surface area (Å²) in [6.07, 6.45) is 1.62. The number of aromatic nitrogens is 1. The molecule has 0 radical (unpaired) electrons. The Hall–Kier alpha value is -1.55. The van der Waals surface area contributed by atoms with E-state index in [0.717, 1.165) is 17.0 Å². The number of nitrogens with zero attached hydrogens (tertiary/aromatic N) is 1. The quantitative estimate of drug-likeness (QED) is 0.445. The fourth-order valence-corrected chi connectivity index (χ4v) is 6.60. The van der Waals surface area contributed by atoms with Gasteiger partial charge in [-0.15, -0.1) is 11.3 Å². The molecule has 9 heteroatoms. The highest BCUT2D eigenvalue weighted by atomic mass is 32.1. The zero-order chi connectivity index (χ0) is 24.6. The first-order valence-corrected chi connectivity index (χ1v) is 12.5. The molecule has 5 unspecified atom stereocenters. The van der Waals surface area contributed by atoms with Crippen LogP contribution in [0.4, 0.5) is 5.13 Å². The Labute approximate surface area is 200 Å². The van der Waals surface area contributed by atoms with E-state index in [4.69, 9.17) is 9.72 Å². The summed E-state index contributed by atoms with van der Waals surface area (Å²) in [6, 6.07) is 0. The predicted molar refractivity (Wildman–Crippen MR) is 128 cm³/mol. The maximum atomic E-state index is 12.9. The zero-order valence-electron chi connectivity index (χ0n) is 20.7. The van der Waals surface area contributed by atoms with Gasteiger partial charge in [0.05, 0.1) is 25.0 Å². The van der Waals surface area contributed by atoms with Gasteiger partial charge < -0.3 is 25.6 Å². The minimum Gasteiger partial charge on any atom is -0.396 e. The van der Waals surface area contributed by atoms with E-state index < -0.39 is 16.9 Å². The van der Waals surface area contributed by atoms with Crippen LogP contribution < -0.4 is 10.6 Å². The molecule has 0 aromatic carbocycles. The number of amides is 2. The molecule has 1 heterocycles. The Kier molecular flexibility index (Phi) is 7.58. The first-order valence-electron chi connectivity index (χ1n) is 11.7. The molecule has 1 aromatic rings. The number of aliphatic hydroxyl groups excluding tert-OH is 2. The number of carbonyl (C=O) groups is 2. The summed E-state index contributed by atoms with van der Waals surface area (Å²) in [6.45, 7) is 10.4. The number of methoxy groups -OCH3 is 1. The molecule has 4 N–H and O–H groups in total. The number of hydrogen-bond donors (Lipinski definition) is 4. The Morgan fingerprint density at radius 2 is 2.00 bits per heavy atom. The first-order chi connectivity index (χ1) is 15.4. The maximum absolute atomic E-state index is 12.9. The molecule has 8 nitrogen and oxygen atoms in total. The number of nitrogens with one attached hydrogen (secondary N) is 2. The smallest absolute Gasteiger partial charge is 0.231 e. The molecule has 1 aromatic heterocycles. The number of aliphatic hydroxyl groups is 2. The van der Waals surface area contributed by atoms with Gasteiger partial charge in [-0.3, -0.25) is 9.59 Å². The standard InChI is InChI=1S/C24H39N3O5S/c1-22(2,3)20(31)27-21-26-19-14(11-18(30)25-9-10-32-6)23(4)8-7-17(29)24(5,13-28)16(23)12-15(19)33-21/h14,16-17,28-29H,7-13H2,1-6H3,(H,25,30)(H,26,27,31). The lowest BCUT2D eigenvalue weighted by atomic mass is 9.47. The largest absolute Gasteiger partial charge is 0.396 e. The van der Waals surface area contributed by atoms with Crippen molar-refractivity contribution in [3.63, 3.8) is 0 Å². The molecule has 33 heavy (non-hydrogen) atoms. The van der Waals surface area contributed by atoms with Gasteiger partial charge in [-0.05, 0) is 30.6 Å². The number of carbonyl (C=O) groups excluding carboxylic acids is 2. The minimum absolute atomic E-state index is 0.0188. The Balaban J connectivity index is 1.99. The number of thiazole rings is 1. The summed E-state index contributed by atoms with van der Waals surface area (Å²) >= 11 is 1.44. The van der Waals surface area contributed by atoms with Gasteiger partial charge in [0, 0.05) is 41.7 Å². The predicted octanol–water partition coefficient (Wildman–Crippen LogP) is 2.70. The van der Waals surface area contributed by atoms with E-state index in [1.807, 2.05) is 27.7 Å². The van der Waals surface area contributed by atoms with Crippen molar-refractivity contribution in [1.29, 1.82) is 0 Å². The van der Waals surface area contributed by atoms with Crippen LogP contribution in [-0.4, -0.2) is 60.0 Å². The average Bonchev–Trinajstić information content (AvgIpc) is 3.14. The number of rotatable bonds is 7. The monoisotopic (exact) mass is 481 g/mol. The average molecular weight is 482 g/mol. The van der Waals surface area contributed by atoms with Crippen molar-refractivity contribution >= 4 is 28.3 Å². The molecular formula is C24H39N3O5S. The normalized spacial score (nSPS) is 31.5. The number of anilines is 1. The second-order valence-electron chi connectivity index (χ2n) is 11.1. The lowest BCUT2D eigenvalue weighted by Gasteiger charge is -2.58. The van der Waals surface area contributed by atoms with E-state index >= 15 is 0 Å². The molecule has 0 aliphatic heterocycles. The number of fused-ring (bicyclic) bond motifs is 2. The van der Waals surface area contributed by atoms with Crippen molar-refractivity contribution in [2.75, 3.05) is 32.2 Å². The molecule has 2 amide bonds. The van der Waals surface area contributed by atoms with Crippen molar-refractivity contribution in [3.8, 4) is 0 Å². The molecule has 2 aliphatic carbocycles. The van der Waals surface area contributed by atoms with Crippen molar-refractivity contribution in [2.45, 2.75) is 72.3 Å². The molecule has 5 atom stereocenters. The van der Waals surface area contributed by atoms with Crippen LogP contribution in [0.5, 0.6) is 0 Å². The lowest BCUT2D eigenvalue weighted by Crippen LogP contribution is -2.57. The summed E-state index contributed by atoms with van der Waals surface area (Å²) < 4.78 is 5.04. The first kappa shape index (κ1) is 26.1. The van der Waals surface area contributed by atoms with Gasteiger partial charge in [-0.2, -0.15) is 0 Å². The van der Waals surface area contributed by atoms with Crippen molar-refractivity contribution < 1.29 is 24.5 Å². The van der Waals surface area contributed by atoms with Gasteiger partial charge in [0.2, 0.25) is 11.8 Å². The Bertz CT molecular complexity index is 882. The van der Waals surface area contributed by atoms with Crippen LogP contribution in [-0.2, 0) is 20.7 Å². The molecule has 0 bridgehead atoms. The van der Waals surface area contributed by atoms with Gasteiger partial charge in [0.1, 0.15) is 0 Å². The van der Waals surface area contributed by atoms with Crippen LogP contribution >= 0.6 is 11.3 Å². The highest BCUT2D eigenvalue weighted by Gasteiger charge is 2.59. The summed E-state index contributed by atoms with van der Waals surface area (Å²) in [5.41, 5.74) is -0.677. The van der Waals surface area contributed by atoms with Crippen LogP contribution in [0.15, 0.2) is 0 Å². The fourth-order valence-electron chi connectivity index (χ4n) is 5.53. The van der Waals surface area contributed by atoms with Gasteiger partial charge in [0.15, 0.2) is 5.13 Å². The molecule has 1 fully saturated rings. The summed E-state index contributed by atoms with van der Waals surface area (Å²) in [5.74, 6) is -0.380. The Morgan fingerprint density at radius 1 is 1.30 bits per heavy atom. The van der Waals surface area contributed by atoms with E-state index in [2.05, 4.69) is 17.6 Å². The number of hydrogen-bond acceptors (Lipinski definition) is 7. The molecule has 2 aliphatic rings. The third-order valence-corrected chi connectivity index (χ3v) is 8.82. The van der Waals surface area contributed by atoms with Gasteiger partial charge in [-0.1, -0.05) is 34.6 Å². The van der Waals surface area contributed by atoms with Gasteiger partial charge in [-0.25, -0.2) is 4.98 Å². The second-order valence-corrected chi connectivity index (χ2v) is 12.2. The Morgan fingerprint density at radius 3 is 2.61 bits per heavy atom. The van der Waals surface area contributed by atoms with Crippen LogP contribution in [0.1, 0.15) is 70.4 Å². The summed E-state index contributed by atoms with van der Waals surface area (Å²) in [4.78, 5) is 31.3. The molecular weight excluding hydrogens is 442 g/mol. The van der Waals surface area contributed by atoms with Crippen molar-refractivity contribution in [1.82, 2.24) is 10.3 Å². The van der Waals surface area contributed by atoms with E-state index in [-0.39, 0.29) is 42.1 Å². The van der Waals surface area contributed by atoms with Crippen molar-refractivity contribution in [3.05, 3.63) is 10.6 Å². The van der Waals surface area contributed by atoms with Crippen LogP contribution in [0.3, 0.4) is 0 Å². The van der Waals surface area contributed by atoms with Crippen molar-refractivity contribution in [2.24, 2.45) is 22.2 Å². The van der Waals surface area contributed by atoms with Crippen LogP contribution in [0, 0.1) is 22.2 Å². The summed E-state index contributed by atoms with van der Waals surface area (Å²) in [5, 5.41) is 27.6. The van der Waals surface area contributed by atoms with E-state index in [1.165, 1.54) is 11.3 Å². The fraction of sp³-hybridized carbons (Fsp3) is 0.792. The molecule has 1 saturated carbocycles. The zero-order valence-corrected chi connectivity index (χ0v) is 21.5.